The molecule has 204 valence electrons. The molecule has 0 radical (unpaired) electrons. The van der Waals surface area contributed by atoms with Gasteiger partial charge in [-0.05, 0) is 48.2 Å². The SMILES string of the molecule is CCCCCN(CC(=O)N(CCCC)Cc1cccn1Cc1ccc(Br)cc1)C(=O)NCc1ccccc1. The van der Waals surface area contributed by atoms with Crippen LogP contribution >= 0.6 is 15.9 Å². The average molecular weight is 582 g/mol. The van der Waals surface area contributed by atoms with Crippen LogP contribution in [0.4, 0.5) is 4.79 Å². The van der Waals surface area contributed by atoms with Gasteiger partial charge in [-0.1, -0.05) is 91.5 Å². The van der Waals surface area contributed by atoms with Crippen LogP contribution in [0.15, 0.2) is 77.4 Å². The molecule has 1 aromatic heterocycles. The molecule has 3 rings (SSSR count). The van der Waals surface area contributed by atoms with E-state index in [1.807, 2.05) is 53.4 Å². The number of unbranched alkanes of at least 4 members (excludes halogenated alkanes) is 3. The highest BCUT2D eigenvalue weighted by Gasteiger charge is 2.22. The second-order valence-electron chi connectivity index (χ2n) is 9.70. The van der Waals surface area contributed by atoms with Gasteiger partial charge in [-0.2, -0.15) is 0 Å². The van der Waals surface area contributed by atoms with Crippen LogP contribution in [0.25, 0.3) is 0 Å². The molecule has 0 unspecified atom stereocenters. The Kier molecular flexibility index (Phi) is 12.4. The molecule has 0 fully saturated rings. The third-order valence-corrected chi connectivity index (χ3v) is 7.14. The molecular formula is C31H41BrN4O2. The number of hydrogen-bond acceptors (Lipinski definition) is 2. The number of amides is 3. The van der Waals surface area contributed by atoms with Crippen LogP contribution in [0.2, 0.25) is 0 Å². The molecule has 0 atom stereocenters. The first-order valence-corrected chi connectivity index (χ1v) is 14.5. The number of halogens is 1. The molecule has 3 amide bonds. The fourth-order valence-electron chi connectivity index (χ4n) is 4.32. The van der Waals surface area contributed by atoms with Gasteiger partial charge < -0.3 is 19.7 Å². The van der Waals surface area contributed by atoms with Gasteiger partial charge >= 0.3 is 6.03 Å². The second kappa shape index (κ2) is 16.0. The van der Waals surface area contributed by atoms with Gasteiger partial charge in [0.2, 0.25) is 5.91 Å². The zero-order chi connectivity index (χ0) is 27.2. The van der Waals surface area contributed by atoms with Crippen molar-refractivity contribution >= 4 is 27.9 Å². The lowest BCUT2D eigenvalue weighted by Crippen LogP contribution is -2.47. The van der Waals surface area contributed by atoms with Gasteiger partial charge in [0.05, 0.1) is 6.54 Å². The summed E-state index contributed by atoms with van der Waals surface area (Å²) in [5.74, 6) is -0.0128. The second-order valence-corrected chi connectivity index (χ2v) is 10.6. The Morgan fingerprint density at radius 2 is 1.53 bits per heavy atom. The highest BCUT2D eigenvalue weighted by atomic mass is 79.9. The van der Waals surface area contributed by atoms with E-state index in [1.54, 1.807) is 4.90 Å². The molecule has 0 saturated carbocycles. The number of aromatic nitrogens is 1. The Morgan fingerprint density at radius 3 is 2.24 bits per heavy atom. The summed E-state index contributed by atoms with van der Waals surface area (Å²) in [4.78, 5) is 30.3. The molecule has 1 heterocycles. The zero-order valence-corrected chi connectivity index (χ0v) is 24.3. The molecule has 0 aliphatic heterocycles. The zero-order valence-electron chi connectivity index (χ0n) is 22.7. The number of nitrogens with zero attached hydrogens (tertiary/aromatic N) is 3. The number of carbonyl (C=O) groups excluding carboxylic acids is 2. The standard InChI is InChI=1S/C31H41BrN4O2/c1-3-5-10-20-36(31(38)33-22-26-12-8-7-9-13-26)25-30(37)35(19-6-4-2)24-29-14-11-21-34(29)23-27-15-17-28(32)18-16-27/h7-9,11-18,21H,3-6,10,19-20,22-25H2,1-2H3,(H,33,38). The normalized spacial score (nSPS) is 10.8. The van der Waals surface area contributed by atoms with Crippen molar-refractivity contribution in [3.63, 3.8) is 0 Å². The molecule has 0 saturated heterocycles. The van der Waals surface area contributed by atoms with Crippen molar-refractivity contribution in [1.82, 2.24) is 19.7 Å². The lowest BCUT2D eigenvalue weighted by Gasteiger charge is -2.28. The summed E-state index contributed by atoms with van der Waals surface area (Å²) in [7, 11) is 0. The van der Waals surface area contributed by atoms with E-state index in [-0.39, 0.29) is 18.5 Å². The quantitative estimate of drug-likeness (QED) is 0.200. The maximum Gasteiger partial charge on any atom is 0.318 e. The number of benzene rings is 2. The molecule has 0 spiro atoms. The molecule has 0 aliphatic rings. The summed E-state index contributed by atoms with van der Waals surface area (Å²) in [6.45, 7) is 7.32. The van der Waals surface area contributed by atoms with Crippen LogP contribution in [0.3, 0.4) is 0 Å². The summed E-state index contributed by atoms with van der Waals surface area (Å²) in [5, 5.41) is 3.01. The summed E-state index contributed by atoms with van der Waals surface area (Å²) in [6, 6.07) is 22.1. The molecule has 1 N–H and O–H groups in total. The molecule has 38 heavy (non-hydrogen) atoms. The average Bonchev–Trinajstić information content (AvgIpc) is 3.37. The molecule has 2 aromatic carbocycles. The van der Waals surface area contributed by atoms with E-state index >= 15 is 0 Å². The number of nitrogens with one attached hydrogen (secondary N) is 1. The summed E-state index contributed by atoms with van der Waals surface area (Å²) in [5.41, 5.74) is 3.33. The fraction of sp³-hybridized carbons (Fsp3) is 0.419. The van der Waals surface area contributed by atoms with Crippen molar-refractivity contribution in [3.8, 4) is 0 Å². The fourth-order valence-corrected chi connectivity index (χ4v) is 4.59. The van der Waals surface area contributed by atoms with Gasteiger partial charge in [-0.25, -0.2) is 4.79 Å². The van der Waals surface area contributed by atoms with E-state index in [0.717, 1.165) is 54.4 Å². The lowest BCUT2D eigenvalue weighted by atomic mass is 10.2. The third kappa shape index (κ3) is 9.67. The van der Waals surface area contributed by atoms with E-state index in [2.05, 4.69) is 64.1 Å². The first-order chi connectivity index (χ1) is 18.5. The maximum atomic E-state index is 13.6. The van der Waals surface area contributed by atoms with Gasteiger partial charge in [0, 0.05) is 42.5 Å². The predicted octanol–water partition coefficient (Wildman–Crippen LogP) is 6.83. The maximum absolute atomic E-state index is 13.6. The van der Waals surface area contributed by atoms with Crippen LogP contribution in [0.5, 0.6) is 0 Å². The van der Waals surface area contributed by atoms with Crippen molar-refractivity contribution in [1.29, 1.82) is 0 Å². The summed E-state index contributed by atoms with van der Waals surface area (Å²) in [6.07, 6.45) is 6.96. The van der Waals surface area contributed by atoms with Crippen molar-refractivity contribution in [2.75, 3.05) is 19.6 Å². The third-order valence-electron chi connectivity index (χ3n) is 6.61. The minimum atomic E-state index is -0.188. The molecule has 3 aromatic rings. The number of hydrogen-bond donors (Lipinski definition) is 1. The van der Waals surface area contributed by atoms with E-state index in [9.17, 15) is 9.59 Å². The van der Waals surface area contributed by atoms with Gasteiger partial charge in [0.25, 0.3) is 0 Å². The van der Waals surface area contributed by atoms with Crippen LogP contribution in [0, 0.1) is 0 Å². The van der Waals surface area contributed by atoms with Crippen molar-refractivity contribution in [2.45, 2.75) is 65.6 Å². The van der Waals surface area contributed by atoms with Crippen LogP contribution in [0.1, 0.15) is 62.8 Å². The molecular weight excluding hydrogens is 540 g/mol. The van der Waals surface area contributed by atoms with Gasteiger partial charge in [-0.3, -0.25) is 4.79 Å². The first kappa shape index (κ1) is 29.5. The Balaban J connectivity index is 1.68. The topological polar surface area (TPSA) is 57.6 Å². The molecule has 7 heteroatoms. The van der Waals surface area contributed by atoms with E-state index < -0.39 is 0 Å². The monoisotopic (exact) mass is 580 g/mol. The minimum absolute atomic E-state index is 0.0128. The summed E-state index contributed by atoms with van der Waals surface area (Å²) >= 11 is 3.50. The summed E-state index contributed by atoms with van der Waals surface area (Å²) < 4.78 is 3.25. The molecule has 6 nitrogen and oxygen atoms in total. The van der Waals surface area contributed by atoms with Crippen molar-refractivity contribution in [2.24, 2.45) is 0 Å². The van der Waals surface area contributed by atoms with Crippen molar-refractivity contribution in [3.05, 3.63) is 94.2 Å². The van der Waals surface area contributed by atoms with Gasteiger partial charge in [0.15, 0.2) is 0 Å². The van der Waals surface area contributed by atoms with E-state index in [4.69, 9.17) is 0 Å². The minimum Gasteiger partial charge on any atom is -0.345 e. The highest BCUT2D eigenvalue weighted by Crippen LogP contribution is 2.15. The Morgan fingerprint density at radius 1 is 0.816 bits per heavy atom. The van der Waals surface area contributed by atoms with E-state index in [1.165, 1.54) is 5.56 Å². The number of carbonyl (C=O) groups is 2. The molecule has 0 bridgehead atoms. The Hall–Kier alpha value is -3.06. The van der Waals surface area contributed by atoms with Crippen molar-refractivity contribution < 1.29 is 9.59 Å². The van der Waals surface area contributed by atoms with Crippen LogP contribution < -0.4 is 5.32 Å². The Bertz CT molecular complexity index is 1110. The number of urea groups is 1. The Labute approximate surface area is 236 Å². The number of rotatable bonds is 15. The lowest BCUT2D eigenvalue weighted by molar-refractivity contribution is -0.132. The van der Waals surface area contributed by atoms with E-state index in [0.29, 0.717) is 26.2 Å². The van der Waals surface area contributed by atoms with Crippen LogP contribution in [-0.2, 0) is 24.4 Å². The highest BCUT2D eigenvalue weighted by molar-refractivity contribution is 9.10. The first-order valence-electron chi connectivity index (χ1n) is 13.7. The largest absolute Gasteiger partial charge is 0.345 e. The molecule has 0 aliphatic carbocycles. The smallest absolute Gasteiger partial charge is 0.318 e. The van der Waals surface area contributed by atoms with Gasteiger partial charge in [-0.15, -0.1) is 0 Å². The van der Waals surface area contributed by atoms with Crippen LogP contribution in [-0.4, -0.2) is 45.9 Å². The van der Waals surface area contributed by atoms with Gasteiger partial charge in [0.1, 0.15) is 6.54 Å². The predicted molar refractivity (Wildman–Crippen MR) is 158 cm³/mol.